The zero-order valence-corrected chi connectivity index (χ0v) is 14.6. The maximum atomic E-state index is 12.5. The molecule has 3 aromatic rings. The second kappa shape index (κ2) is 5.76. The van der Waals surface area contributed by atoms with Gasteiger partial charge in [0.05, 0.1) is 16.9 Å². The third-order valence-electron chi connectivity index (χ3n) is 4.16. The van der Waals surface area contributed by atoms with Gasteiger partial charge in [-0.25, -0.2) is 0 Å². The molecule has 1 unspecified atom stereocenters. The van der Waals surface area contributed by atoms with Gasteiger partial charge in [0.1, 0.15) is 0 Å². The van der Waals surface area contributed by atoms with Crippen molar-refractivity contribution in [1.82, 2.24) is 9.36 Å². The highest BCUT2D eigenvalue weighted by atomic mass is 79.9. The molecule has 3 nitrogen and oxygen atoms in total. The zero-order chi connectivity index (χ0) is 15.9. The molecule has 0 saturated heterocycles. The van der Waals surface area contributed by atoms with Crippen molar-refractivity contribution in [1.29, 1.82) is 0 Å². The summed E-state index contributed by atoms with van der Waals surface area (Å²) in [6.07, 6.45) is 0.924. The minimum absolute atomic E-state index is 0.0496. The van der Waals surface area contributed by atoms with Crippen LogP contribution in [0, 0.1) is 6.92 Å². The van der Waals surface area contributed by atoms with Crippen LogP contribution in [0.5, 0.6) is 0 Å². The van der Waals surface area contributed by atoms with Crippen molar-refractivity contribution in [3.8, 4) is 0 Å². The third-order valence-corrected chi connectivity index (χ3v) is 4.66. The van der Waals surface area contributed by atoms with E-state index in [1.165, 1.54) is 11.1 Å². The lowest BCUT2D eigenvalue weighted by Crippen LogP contribution is -2.23. The normalized spacial score (nSPS) is 12.7. The van der Waals surface area contributed by atoms with Crippen molar-refractivity contribution in [2.75, 3.05) is 0 Å². The maximum absolute atomic E-state index is 12.5. The number of rotatable bonds is 3. The second-order valence-electron chi connectivity index (χ2n) is 5.67. The number of hydrogen-bond acceptors (Lipinski definition) is 1. The molecule has 1 aromatic heterocycles. The fraction of sp³-hybridized carbons (Fsp3) is 0.278. The van der Waals surface area contributed by atoms with Crippen LogP contribution in [0.15, 0.2) is 51.7 Å². The van der Waals surface area contributed by atoms with Crippen LogP contribution in [0.1, 0.15) is 30.5 Å². The van der Waals surface area contributed by atoms with Crippen LogP contribution in [-0.4, -0.2) is 9.36 Å². The van der Waals surface area contributed by atoms with Gasteiger partial charge in [-0.1, -0.05) is 52.7 Å². The van der Waals surface area contributed by atoms with E-state index in [9.17, 15) is 4.79 Å². The first kappa shape index (κ1) is 15.1. The van der Waals surface area contributed by atoms with Crippen molar-refractivity contribution in [3.63, 3.8) is 0 Å². The molecule has 4 heteroatoms. The molecule has 22 heavy (non-hydrogen) atoms. The van der Waals surface area contributed by atoms with Crippen LogP contribution in [0.25, 0.3) is 10.9 Å². The van der Waals surface area contributed by atoms with Gasteiger partial charge in [-0.05, 0) is 37.1 Å². The highest BCUT2D eigenvalue weighted by Gasteiger charge is 2.19. The van der Waals surface area contributed by atoms with Gasteiger partial charge in [-0.3, -0.25) is 14.2 Å². The lowest BCUT2D eigenvalue weighted by Gasteiger charge is -2.21. The highest BCUT2D eigenvalue weighted by molar-refractivity contribution is 9.10. The lowest BCUT2D eigenvalue weighted by molar-refractivity contribution is 0.444. The van der Waals surface area contributed by atoms with Gasteiger partial charge in [0.2, 0.25) is 0 Å². The van der Waals surface area contributed by atoms with E-state index in [2.05, 4.69) is 58.7 Å². The lowest BCUT2D eigenvalue weighted by atomic mass is 10.0. The summed E-state index contributed by atoms with van der Waals surface area (Å²) in [7, 11) is 1.84. The van der Waals surface area contributed by atoms with E-state index in [0.29, 0.717) is 0 Å². The summed E-state index contributed by atoms with van der Waals surface area (Å²) < 4.78 is 4.82. The summed E-state index contributed by atoms with van der Waals surface area (Å²) in [4.78, 5) is 12.5. The maximum Gasteiger partial charge on any atom is 0.274 e. The zero-order valence-electron chi connectivity index (χ0n) is 13.0. The first-order valence-corrected chi connectivity index (χ1v) is 8.25. The van der Waals surface area contributed by atoms with Gasteiger partial charge >= 0.3 is 0 Å². The smallest absolute Gasteiger partial charge is 0.274 e. The first-order valence-electron chi connectivity index (χ1n) is 7.46. The Kier molecular flexibility index (Phi) is 3.96. The summed E-state index contributed by atoms with van der Waals surface area (Å²) >= 11 is 3.51. The van der Waals surface area contributed by atoms with Gasteiger partial charge in [-0.15, -0.1) is 0 Å². The van der Waals surface area contributed by atoms with E-state index in [-0.39, 0.29) is 11.6 Å². The molecule has 0 aliphatic carbocycles. The molecule has 0 fully saturated rings. The fourth-order valence-electron chi connectivity index (χ4n) is 3.11. The van der Waals surface area contributed by atoms with Crippen LogP contribution < -0.4 is 5.56 Å². The van der Waals surface area contributed by atoms with Gasteiger partial charge in [0, 0.05) is 11.5 Å². The predicted molar refractivity (Wildman–Crippen MR) is 94.5 cm³/mol. The Morgan fingerprint density at radius 3 is 2.64 bits per heavy atom. The molecular formula is C18H19BrN2O. The van der Waals surface area contributed by atoms with Crippen LogP contribution in [-0.2, 0) is 7.05 Å². The van der Waals surface area contributed by atoms with Crippen LogP contribution in [0.3, 0.4) is 0 Å². The summed E-state index contributed by atoms with van der Waals surface area (Å²) in [6, 6.07) is 14.5. The van der Waals surface area contributed by atoms with Crippen molar-refractivity contribution >= 4 is 26.8 Å². The Bertz CT molecular complexity index is 892. The molecule has 1 atom stereocenters. The monoisotopic (exact) mass is 358 g/mol. The fourth-order valence-corrected chi connectivity index (χ4v) is 3.46. The van der Waals surface area contributed by atoms with Gasteiger partial charge in [0.15, 0.2) is 0 Å². The molecule has 0 aliphatic rings. The number of halogens is 1. The molecule has 114 valence electrons. The van der Waals surface area contributed by atoms with Crippen molar-refractivity contribution in [3.05, 3.63) is 68.4 Å². The molecule has 0 spiro atoms. The number of aryl methyl sites for hydroxylation is 1. The Morgan fingerprint density at radius 2 is 1.95 bits per heavy atom. The van der Waals surface area contributed by atoms with E-state index >= 15 is 0 Å². The molecule has 0 aliphatic heterocycles. The molecule has 2 aromatic carbocycles. The van der Waals surface area contributed by atoms with Crippen molar-refractivity contribution in [2.45, 2.75) is 26.3 Å². The average molecular weight is 359 g/mol. The second-order valence-corrected chi connectivity index (χ2v) is 6.59. The van der Waals surface area contributed by atoms with E-state index in [1.807, 2.05) is 25.2 Å². The molecule has 0 amide bonds. The highest BCUT2D eigenvalue weighted by Crippen LogP contribution is 2.27. The van der Waals surface area contributed by atoms with Crippen LogP contribution >= 0.6 is 15.9 Å². The molecule has 0 radical (unpaired) electrons. The molecule has 1 heterocycles. The standard InChI is InChI=1S/C18H19BrN2O/c1-4-16(13-7-5-6-12(2)10-13)21-17-11-14(19)8-9-15(17)18(22)20(21)3/h5-11,16H,4H2,1-3H3. The topological polar surface area (TPSA) is 26.9 Å². The Morgan fingerprint density at radius 1 is 1.18 bits per heavy atom. The van der Waals surface area contributed by atoms with E-state index in [0.717, 1.165) is 21.8 Å². The largest absolute Gasteiger partial charge is 0.275 e. The minimum atomic E-state index is 0.0496. The van der Waals surface area contributed by atoms with Gasteiger partial charge < -0.3 is 0 Å². The molecule has 0 bridgehead atoms. The number of hydrogen-bond donors (Lipinski definition) is 0. The number of aromatic nitrogens is 2. The van der Waals surface area contributed by atoms with Gasteiger partial charge in [0.25, 0.3) is 5.56 Å². The number of nitrogens with zero attached hydrogens (tertiary/aromatic N) is 2. The van der Waals surface area contributed by atoms with Crippen LogP contribution in [0.2, 0.25) is 0 Å². The quantitative estimate of drug-likeness (QED) is 0.681. The van der Waals surface area contributed by atoms with Crippen molar-refractivity contribution in [2.24, 2.45) is 7.05 Å². The SMILES string of the molecule is CCC(c1cccc(C)c1)n1c2cc(Br)ccc2c(=O)n1C. The summed E-state index contributed by atoms with van der Waals surface area (Å²) in [5.41, 5.74) is 3.48. The average Bonchev–Trinajstić information content (AvgIpc) is 2.73. The minimum Gasteiger partial charge on any atom is -0.275 e. The Hall–Kier alpha value is -1.81. The number of fused-ring (bicyclic) bond motifs is 1. The summed E-state index contributed by atoms with van der Waals surface area (Å²) in [6.45, 7) is 4.25. The summed E-state index contributed by atoms with van der Waals surface area (Å²) in [5.74, 6) is 0. The van der Waals surface area contributed by atoms with Crippen LogP contribution in [0.4, 0.5) is 0 Å². The molecule has 3 rings (SSSR count). The third kappa shape index (κ3) is 2.41. The first-order chi connectivity index (χ1) is 10.5. The Balaban J connectivity index is 2.29. The van der Waals surface area contributed by atoms with E-state index < -0.39 is 0 Å². The van der Waals surface area contributed by atoms with E-state index in [1.54, 1.807) is 4.68 Å². The van der Waals surface area contributed by atoms with Crippen molar-refractivity contribution < 1.29 is 0 Å². The molecule has 0 saturated carbocycles. The number of benzene rings is 2. The predicted octanol–water partition coefficient (Wildman–Crippen LogP) is 4.41. The van der Waals surface area contributed by atoms with E-state index in [4.69, 9.17) is 0 Å². The molecule has 0 N–H and O–H groups in total. The summed E-state index contributed by atoms with van der Waals surface area (Å²) in [5, 5.41) is 0.761. The molecular weight excluding hydrogens is 340 g/mol. The van der Waals surface area contributed by atoms with Gasteiger partial charge in [-0.2, -0.15) is 0 Å². The Labute approximate surface area is 138 Å².